The van der Waals surface area contributed by atoms with Crippen molar-refractivity contribution in [2.75, 3.05) is 26.1 Å². The summed E-state index contributed by atoms with van der Waals surface area (Å²) in [5.74, 6) is 2.47. The number of carbonyl (C=O) groups excluding carboxylic acids is 1. The zero-order valence-corrected chi connectivity index (χ0v) is 16.6. The Morgan fingerprint density at radius 3 is 2.75 bits per heavy atom. The minimum atomic E-state index is -0.281. The van der Waals surface area contributed by atoms with Gasteiger partial charge in [0.25, 0.3) is 0 Å². The van der Waals surface area contributed by atoms with Crippen LogP contribution in [0.25, 0.3) is 0 Å². The van der Waals surface area contributed by atoms with Crippen LogP contribution in [0.4, 0.5) is 5.69 Å². The zero-order chi connectivity index (χ0) is 19.9. The van der Waals surface area contributed by atoms with Gasteiger partial charge in [-0.3, -0.25) is 4.79 Å². The molecular formula is C22H25NO5. The third-order valence-corrected chi connectivity index (χ3v) is 5.19. The number of nitrogens with one attached hydrogen (secondary N) is 1. The molecule has 6 heteroatoms. The van der Waals surface area contributed by atoms with E-state index in [1.54, 1.807) is 14.2 Å². The number of hydrogen-bond acceptors (Lipinski definition) is 5. The summed E-state index contributed by atoms with van der Waals surface area (Å²) in [4.78, 5) is 13.0. The van der Waals surface area contributed by atoms with Crippen LogP contribution in [0, 0.1) is 0 Å². The second kappa shape index (κ2) is 6.93. The van der Waals surface area contributed by atoms with Gasteiger partial charge in [0.1, 0.15) is 17.1 Å². The summed E-state index contributed by atoms with van der Waals surface area (Å²) in [5, 5.41) is 3.05. The van der Waals surface area contributed by atoms with E-state index in [2.05, 4.69) is 5.32 Å². The summed E-state index contributed by atoms with van der Waals surface area (Å²) in [6.07, 6.45) is 1.39. The van der Waals surface area contributed by atoms with E-state index in [0.717, 1.165) is 23.3 Å². The first-order valence-electron chi connectivity index (χ1n) is 9.42. The lowest BCUT2D eigenvalue weighted by Gasteiger charge is -2.25. The molecule has 0 saturated carbocycles. The Morgan fingerprint density at radius 2 is 2.00 bits per heavy atom. The molecule has 6 nitrogen and oxygen atoms in total. The molecule has 1 amide bonds. The zero-order valence-electron chi connectivity index (χ0n) is 16.6. The maximum atomic E-state index is 13.0. The monoisotopic (exact) mass is 383 g/mol. The number of fused-ring (bicyclic) bond motifs is 2. The molecule has 2 aromatic rings. The van der Waals surface area contributed by atoms with Crippen molar-refractivity contribution >= 4 is 11.6 Å². The molecule has 2 aromatic carbocycles. The van der Waals surface area contributed by atoms with Gasteiger partial charge in [0.15, 0.2) is 11.5 Å². The largest absolute Gasteiger partial charge is 0.497 e. The summed E-state index contributed by atoms with van der Waals surface area (Å²) in [5.41, 5.74) is 2.35. The molecule has 1 N–H and O–H groups in total. The first-order chi connectivity index (χ1) is 13.4. The van der Waals surface area contributed by atoms with E-state index in [1.165, 1.54) is 0 Å². The van der Waals surface area contributed by atoms with Crippen LogP contribution in [-0.2, 0) is 11.2 Å². The van der Waals surface area contributed by atoms with E-state index in [0.29, 0.717) is 36.0 Å². The van der Waals surface area contributed by atoms with Crippen molar-refractivity contribution in [2.24, 2.45) is 0 Å². The van der Waals surface area contributed by atoms with Crippen molar-refractivity contribution < 1.29 is 23.7 Å². The fourth-order valence-corrected chi connectivity index (χ4v) is 3.90. The lowest BCUT2D eigenvalue weighted by Crippen LogP contribution is -2.26. The third kappa shape index (κ3) is 3.35. The fraction of sp³-hybridized carbons (Fsp3) is 0.409. The Labute approximate surface area is 164 Å². The molecule has 1 unspecified atom stereocenters. The van der Waals surface area contributed by atoms with Crippen LogP contribution >= 0.6 is 0 Å². The van der Waals surface area contributed by atoms with E-state index >= 15 is 0 Å². The number of carbonyl (C=O) groups is 1. The van der Waals surface area contributed by atoms with Gasteiger partial charge in [0, 0.05) is 35.4 Å². The van der Waals surface area contributed by atoms with Gasteiger partial charge in [0.2, 0.25) is 5.91 Å². The van der Waals surface area contributed by atoms with Crippen LogP contribution in [-0.4, -0.2) is 32.3 Å². The molecule has 2 aliphatic heterocycles. The molecule has 148 valence electrons. The van der Waals surface area contributed by atoms with Gasteiger partial charge in [-0.25, -0.2) is 0 Å². The second-order valence-corrected chi connectivity index (χ2v) is 7.79. The van der Waals surface area contributed by atoms with Crippen LogP contribution in [0.1, 0.15) is 37.3 Å². The number of ether oxygens (including phenoxy) is 4. The van der Waals surface area contributed by atoms with Crippen molar-refractivity contribution in [3.05, 3.63) is 41.5 Å². The summed E-state index contributed by atoms with van der Waals surface area (Å²) in [6, 6.07) is 9.36. The quantitative estimate of drug-likeness (QED) is 0.867. The van der Waals surface area contributed by atoms with Gasteiger partial charge in [0.05, 0.1) is 26.7 Å². The third-order valence-electron chi connectivity index (χ3n) is 5.19. The minimum Gasteiger partial charge on any atom is -0.497 e. The lowest BCUT2D eigenvalue weighted by molar-refractivity contribution is -0.118. The van der Waals surface area contributed by atoms with Crippen LogP contribution in [0.3, 0.4) is 0 Å². The van der Waals surface area contributed by atoms with Crippen molar-refractivity contribution in [1.82, 2.24) is 0 Å². The molecule has 0 radical (unpaired) electrons. The smallest absolute Gasteiger partial charge is 0.232 e. The van der Waals surface area contributed by atoms with E-state index in [1.807, 2.05) is 44.2 Å². The van der Waals surface area contributed by atoms with E-state index in [9.17, 15) is 4.79 Å². The average Bonchev–Trinajstić information content (AvgIpc) is 3.00. The number of rotatable bonds is 4. The van der Waals surface area contributed by atoms with Crippen molar-refractivity contribution in [2.45, 2.75) is 38.2 Å². The molecule has 0 aromatic heterocycles. The molecule has 0 fully saturated rings. The van der Waals surface area contributed by atoms with Crippen LogP contribution in [0.15, 0.2) is 30.3 Å². The highest BCUT2D eigenvalue weighted by atomic mass is 16.5. The van der Waals surface area contributed by atoms with Crippen molar-refractivity contribution in [3.8, 4) is 23.0 Å². The number of anilines is 1. The lowest BCUT2D eigenvalue weighted by atomic mass is 9.92. The molecule has 0 aliphatic carbocycles. The SMILES string of the molecule is COc1ccc2c(c1)OCCC2C(=O)Nc1cc2c(c(OC)c1)OC(C)(C)C2. The van der Waals surface area contributed by atoms with Crippen LogP contribution in [0.2, 0.25) is 0 Å². The Hall–Kier alpha value is -2.89. The summed E-state index contributed by atoms with van der Waals surface area (Å²) in [7, 11) is 3.22. The first-order valence-corrected chi connectivity index (χ1v) is 9.42. The summed E-state index contributed by atoms with van der Waals surface area (Å²) < 4.78 is 22.5. The number of amides is 1. The Balaban J connectivity index is 1.59. The van der Waals surface area contributed by atoms with Gasteiger partial charge >= 0.3 is 0 Å². The van der Waals surface area contributed by atoms with Gasteiger partial charge in [-0.2, -0.15) is 0 Å². The fourth-order valence-electron chi connectivity index (χ4n) is 3.90. The number of methoxy groups -OCH3 is 2. The average molecular weight is 383 g/mol. The molecule has 4 rings (SSSR count). The van der Waals surface area contributed by atoms with Gasteiger partial charge in [-0.1, -0.05) is 6.07 Å². The Kier molecular flexibility index (Phi) is 4.57. The minimum absolute atomic E-state index is 0.0603. The highest BCUT2D eigenvalue weighted by Gasteiger charge is 2.34. The first kappa shape index (κ1) is 18.5. The van der Waals surface area contributed by atoms with Gasteiger partial charge in [-0.05, 0) is 32.4 Å². The predicted molar refractivity (Wildman–Crippen MR) is 106 cm³/mol. The highest BCUT2D eigenvalue weighted by Crippen LogP contribution is 2.44. The predicted octanol–water partition coefficient (Wildman–Crippen LogP) is 3.92. The van der Waals surface area contributed by atoms with E-state index in [-0.39, 0.29) is 17.4 Å². The van der Waals surface area contributed by atoms with E-state index in [4.69, 9.17) is 18.9 Å². The molecule has 0 bridgehead atoms. The van der Waals surface area contributed by atoms with Gasteiger partial charge in [-0.15, -0.1) is 0 Å². The molecule has 2 aliphatic rings. The summed E-state index contributed by atoms with van der Waals surface area (Å²) in [6.45, 7) is 4.57. The summed E-state index contributed by atoms with van der Waals surface area (Å²) >= 11 is 0. The maximum absolute atomic E-state index is 13.0. The van der Waals surface area contributed by atoms with Crippen LogP contribution < -0.4 is 24.3 Å². The molecular weight excluding hydrogens is 358 g/mol. The number of hydrogen-bond donors (Lipinski definition) is 1. The van der Waals surface area contributed by atoms with Gasteiger partial charge < -0.3 is 24.3 Å². The van der Waals surface area contributed by atoms with Crippen LogP contribution in [0.5, 0.6) is 23.0 Å². The maximum Gasteiger partial charge on any atom is 0.232 e. The Bertz CT molecular complexity index is 921. The normalized spacial score (nSPS) is 18.9. The standard InChI is InChI=1S/C22H25NO5/c1-22(2)12-13-9-14(10-19(26-4)20(13)28-22)23-21(24)17-7-8-27-18-11-15(25-3)5-6-16(17)18/h5-6,9-11,17H,7-8,12H2,1-4H3,(H,23,24). The molecule has 0 saturated heterocycles. The Morgan fingerprint density at radius 1 is 1.18 bits per heavy atom. The van der Waals surface area contributed by atoms with Crippen molar-refractivity contribution in [1.29, 1.82) is 0 Å². The van der Waals surface area contributed by atoms with E-state index < -0.39 is 0 Å². The molecule has 28 heavy (non-hydrogen) atoms. The number of benzene rings is 2. The topological polar surface area (TPSA) is 66.0 Å². The van der Waals surface area contributed by atoms with Crippen molar-refractivity contribution in [3.63, 3.8) is 0 Å². The molecule has 0 spiro atoms. The second-order valence-electron chi connectivity index (χ2n) is 7.79. The molecule has 2 heterocycles. The molecule has 1 atom stereocenters. The highest BCUT2D eigenvalue weighted by molar-refractivity contribution is 5.97.